The predicted octanol–water partition coefficient (Wildman–Crippen LogP) is 17.5. The monoisotopic (exact) mass is 1050 g/mol. The van der Waals surface area contributed by atoms with Gasteiger partial charge >= 0.3 is 41.9 Å². The van der Waals surface area contributed by atoms with Crippen LogP contribution in [0.4, 0.5) is 0 Å². The van der Waals surface area contributed by atoms with Crippen LogP contribution in [0.25, 0.3) is 66.4 Å². The van der Waals surface area contributed by atoms with Crippen LogP contribution in [-0.4, -0.2) is 21.6 Å². The van der Waals surface area contributed by atoms with Gasteiger partial charge in [-0.3, -0.25) is 0 Å². The third-order valence-electron chi connectivity index (χ3n) is 12.4. The van der Waals surface area contributed by atoms with E-state index in [1.54, 1.807) is 23.3 Å². The molecule has 0 fully saturated rings. The SMILES string of the molecule is C[Si](C)=[Zr+2].Cc1cc2[cH-]c(-c3ccc([Si](C)(C)C)o3)cc2c(-c2ccc(C(C)(C)C)cc2)c1C.Cc1cc2[cH-]c(-c3ccc([Si](C)(C)C)o3)cc2c(-c2ccc(C(C)(C)C)cc2)c1C.Cl.Cl. The van der Waals surface area contributed by atoms with E-state index < -0.39 is 16.1 Å². The van der Waals surface area contributed by atoms with Crippen LogP contribution in [0.5, 0.6) is 0 Å². The Balaban J connectivity index is 0.000000260. The standard InChI is InChI=1S/2C28H33OSi.C2H6Si.2ClH.Zr/c2*1-18-15-21-16-22(25-13-14-26(29-25)30(6,7)8)17-24(21)27(19(18)2)20-9-11-23(12-10-20)28(3,4)5;1-3-2;;;/h2*9-17H,1-8H3;1-2H3;2*1H;/q2*-1;;;;+2. The molecule has 348 valence electrons. The number of benzene rings is 4. The molecule has 0 atom stereocenters. The molecule has 0 aliphatic heterocycles. The first kappa shape index (κ1) is 55.4. The number of hydrogen-bond acceptors (Lipinski definition) is 2. The summed E-state index contributed by atoms with van der Waals surface area (Å²) in [5, 5.41) is 7.51. The van der Waals surface area contributed by atoms with Gasteiger partial charge in [-0.2, -0.15) is 0 Å². The number of rotatable bonds is 6. The van der Waals surface area contributed by atoms with E-state index in [1.807, 2.05) is 0 Å². The molecule has 0 bridgehead atoms. The summed E-state index contributed by atoms with van der Waals surface area (Å²) in [4.78, 5) is 0. The Morgan fingerprint density at radius 2 is 0.788 bits per heavy atom. The molecule has 0 unspecified atom stereocenters. The zero-order valence-corrected chi connectivity index (χ0v) is 50.1. The minimum atomic E-state index is -1.45. The molecule has 0 radical (unpaired) electrons. The van der Waals surface area contributed by atoms with E-state index in [0.717, 1.165) is 22.3 Å². The van der Waals surface area contributed by atoms with Crippen LogP contribution < -0.4 is 10.8 Å². The van der Waals surface area contributed by atoms with Gasteiger partial charge < -0.3 is 8.83 Å². The van der Waals surface area contributed by atoms with Crippen molar-refractivity contribution in [3.63, 3.8) is 0 Å². The zero-order valence-electron chi connectivity index (χ0n) is 43.0. The van der Waals surface area contributed by atoms with Crippen LogP contribution in [-0.2, 0) is 34.2 Å². The Hall–Kier alpha value is -3.23. The quantitative estimate of drug-likeness (QED) is 0.123. The second-order valence-electron chi connectivity index (χ2n) is 22.4. The van der Waals surface area contributed by atoms with E-state index in [1.165, 1.54) is 88.3 Å². The smallest absolute Gasteiger partial charge is 0.122 e. The normalized spacial score (nSPS) is 11.9. The molecular weight excluding hydrogens is 975 g/mol. The van der Waals surface area contributed by atoms with E-state index in [9.17, 15) is 0 Å². The number of halogens is 2. The molecule has 6 aromatic carbocycles. The molecular formula is C58H74Cl2O2Si3Zr. The molecule has 8 heteroatoms. The summed E-state index contributed by atoms with van der Waals surface area (Å²) in [6, 6.07) is 40.6. The molecule has 0 saturated carbocycles. The topological polar surface area (TPSA) is 26.3 Å². The summed E-state index contributed by atoms with van der Waals surface area (Å²) in [5.74, 6) is 1.96. The van der Waals surface area contributed by atoms with Gasteiger partial charge in [-0.25, -0.2) is 0 Å². The van der Waals surface area contributed by atoms with Crippen LogP contribution >= 0.6 is 24.8 Å². The summed E-state index contributed by atoms with van der Waals surface area (Å²) in [5.41, 5.74) is 16.2. The maximum Gasteiger partial charge on any atom is 0.122 e. The number of fused-ring (bicyclic) bond motifs is 2. The van der Waals surface area contributed by atoms with Crippen LogP contribution in [0.3, 0.4) is 0 Å². The van der Waals surface area contributed by atoms with Gasteiger partial charge in [-0.15, -0.1) is 82.8 Å². The molecule has 0 saturated heterocycles. The van der Waals surface area contributed by atoms with Crippen molar-refractivity contribution in [1.29, 1.82) is 0 Å². The molecule has 2 nitrogen and oxygen atoms in total. The minimum absolute atomic E-state index is 0. The molecule has 2 heterocycles. The maximum absolute atomic E-state index is 6.28. The number of aryl methyl sites for hydroxylation is 2. The van der Waals surface area contributed by atoms with E-state index in [4.69, 9.17) is 8.83 Å². The first-order valence-electron chi connectivity index (χ1n) is 23.0. The van der Waals surface area contributed by atoms with E-state index in [0.29, 0.717) is 0 Å². The second-order valence-corrected chi connectivity index (χ2v) is 41.7. The Morgan fingerprint density at radius 1 is 0.485 bits per heavy atom. The Kier molecular flexibility index (Phi) is 17.8. The van der Waals surface area contributed by atoms with Gasteiger partial charge in [0.15, 0.2) is 0 Å². The second kappa shape index (κ2) is 21.2. The summed E-state index contributed by atoms with van der Waals surface area (Å²) >= 11 is 1.74. The van der Waals surface area contributed by atoms with Gasteiger partial charge in [-0.1, -0.05) is 175 Å². The molecule has 8 rings (SSSR count). The third-order valence-corrected chi connectivity index (χ3v) is 15.9. The maximum atomic E-state index is 6.28. The Labute approximate surface area is 427 Å². The van der Waals surface area contributed by atoms with Crippen molar-refractivity contribution in [3.8, 4) is 44.9 Å². The molecule has 0 aliphatic rings. The van der Waals surface area contributed by atoms with Gasteiger partial charge in [0, 0.05) is 0 Å². The Morgan fingerprint density at radius 3 is 1.05 bits per heavy atom. The summed E-state index contributed by atoms with van der Waals surface area (Å²) in [6.45, 7) is 41.0. The molecule has 0 amide bonds. The van der Waals surface area contributed by atoms with Crippen molar-refractivity contribution in [1.82, 2.24) is 0 Å². The van der Waals surface area contributed by atoms with Crippen molar-refractivity contribution < 1.29 is 32.2 Å². The van der Waals surface area contributed by atoms with Crippen molar-refractivity contribution >= 4 is 78.7 Å². The van der Waals surface area contributed by atoms with Crippen molar-refractivity contribution in [3.05, 3.63) is 143 Å². The molecule has 66 heavy (non-hydrogen) atoms. The molecule has 8 aromatic rings. The van der Waals surface area contributed by atoms with E-state index >= 15 is 0 Å². The zero-order chi connectivity index (χ0) is 47.3. The first-order chi connectivity index (χ1) is 29.6. The third kappa shape index (κ3) is 12.7. The fourth-order valence-electron chi connectivity index (χ4n) is 8.30. The van der Waals surface area contributed by atoms with Crippen molar-refractivity contribution in [2.45, 2.75) is 132 Å². The van der Waals surface area contributed by atoms with Gasteiger partial charge in [0.1, 0.15) is 16.1 Å². The van der Waals surface area contributed by atoms with Gasteiger partial charge in [0.25, 0.3) is 0 Å². The van der Waals surface area contributed by atoms with E-state index in [-0.39, 0.29) is 41.1 Å². The molecule has 0 spiro atoms. The summed E-state index contributed by atoms with van der Waals surface area (Å²) < 4.78 is 12.6. The Bertz CT molecular complexity index is 2730. The molecule has 0 aliphatic carbocycles. The first-order valence-corrected chi connectivity index (χ1v) is 36.2. The summed E-state index contributed by atoms with van der Waals surface area (Å²) in [7, 11) is -2.91. The van der Waals surface area contributed by atoms with Crippen LogP contribution in [0, 0.1) is 27.7 Å². The molecule has 2 aromatic heterocycles. The van der Waals surface area contributed by atoms with Crippen LogP contribution in [0.15, 0.2) is 118 Å². The molecule has 0 N–H and O–H groups in total. The number of furan rings is 2. The largest absolute Gasteiger partial charge is 0.501 e. The summed E-state index contributed by atoms with van der Waals surface area (Å²) in [6.07, 6.45) is 0. The van der Waals surface area contributed by atoms with Crippen molar-refractivity contribution in [2.75, 3.05) is 0 Å². The fraction of sp³-hybridized carbons (Fsp3) is 0.345. The van der Waals surface area contributed by atoms with Gasteiger partial charge in [0.05, 0.1) is 22.3 Å². The van der Waals surface area contributed by atoms with Crippen LogP contribution in [0.1, 0.15) is 74.9 Å². The average Bonchev–Trinajstić information content (AvgIpc) is 4.01. The average molecular weight is 1050 g/mol. The van der Waals surface area contributed by atoms with Crippen LogP contribution in [0.2, 0.25) is 52.4 Å². The predicted molar refractivity (Wildman–Crippen MR) is 300 cm³/mol. The fourth-order valence-corrected chi connectivity index (χ4v) is 10.3. The van der Waals surface area contributed by atoms with Gasteiger partial charge in [-0.05, 0) is 84.0 Å². The van der Waals surface area contributed by atoms with E-state index in [2.05, 4.69) is 231 Å². The minimum Gasteiger partial charge on any atom is -0.501 e. The van der Waals surface area contributed by atoms with Gasteiger partial charge in [0.2, 0.25) is 0 Å². The number of hydrogen-bond donors (Lipinski definition) is 0. The van der Waals surface area contributed by atoms with Crippen molar-refractivity contribution in [2.24, 2.45) is 0 Å².